The number of carbonyl (C=O) groups excluding carboxylic acids is 3. The van der Waals surface area contributed by atoms with Crippen molar-refractivity contribution in [3.05, 3.63) is 0 Å². The normalized spacial score (nSPS) is 16.8. The molecule has 10 atom stereocenters. The predicted molar refractivity (Wildman–Crippen MR) is 421 cm³/mol. The zero-order valence-corrected chi connectivity index (χ0v) is 73.3. The number of ketones is 2. The van der Waals surface area contributed by atoms with E-state index in [0.717, 1.165) is 6.42 Å². The van der Waals surface area contributed by atoms with Gasteiger partial charge in [0.25, 0.3) is 0 Å². The Balaban J connectivity index is -0.000000290. The maximum absolute atomic E-state index is 11.6. The molecule has 0 spiro atoms. The molecule has 8 unspecified atom stereocenters. The van der Waals surface area contributed by atoms with Gasteiger partial charge in [-0.25, -0.2) is 0 Å². The topological polar surface area (TPSA) is 731 Å². The molecule has 27 N–H and O–H groups in total. The Hall–Kier alpha value is -2.54. The van der Waals surface area contributed by atoms with E-state index in [1.165, 1.54) is 0 Å². The van der Waals surface area contributed by atoms with Crippen LogP contribution in [0.2, 0.25) is 0 Å². The number of hydrogen-bond donors (Lipinski definition) is 23. The van der Waals surface area contributed by atoms with Crippen LogP contribution in [0.25, 0.3) is 0 Å². The zero-order valence-electron chi connectivity index (χ0n) is 67.0. The summed E-state index contributed by atoms with van der Waals surface area (Å²) in [7, 11) is -26.8. The minimum Gasteiger partial charge on any atom is -0.480 e. The second-order valence-corrected chi connectivity index (χ2v) is 41.6. The van der Waals surface area contributed by atoms with Gasteiger partial charge < -0.3 is 132 Å². The maximum Gasteiger partial charge on any atom is 0.328 e. The molecule has 40 nitrogen and oxygen atoms in total. The van der Waals surface area contributed by atoms with Gasteiger partial charge in [0.15, 0.2) is 11.6 Å². The average Bonchev–Trinajstić information content (AvgIpc) is 0.865. The number of nitrogens with one attached hydrogen (secondary N) is 3. The Kier molecular flexibility index (Phi) is 67.3. The third-order valence-electron chi connectivity index (χ3n) is 14.8. The number of carboxylic acid groups (broad SMARTS) is 4. The molecule has 0 bridgehead atoms. The maximum atomic E-state index is 11.6. The van der Waals surface area contributed by atoms with Gasteiger partial charge in [-0.15, -0.1) is 0 Å². The number of unbranched alkanes of at least 4 members (excludes halogenated alkanes) is 6. The van der Waals surface area contributed by atoms with Gasteiger partial charge in [0.05, 0.1) is 42.7 Å². The quantitative estimate of drug-likeness (QED) is 0.0183. The molecule has 1 rings (SSSR count). The summed E-state index contributed by atoms with van der Waals surface area (Å²) in [6.07, 6.45) is 7.93. The van der Waals surface area contributed by atoms with Gasteiger partial charge in [-0.1, -0.05) is 93.9 Å². The molecule has 0 aliphatic carbocycles. The van der Waals surface area contributed by atoms with Gasteiger partial charge >= 0.3 is 83.0 Å². The summed E-state index contributed by atoms with van der Waals surface area (Å²) in [5.74, 6) is -4.63. The van der Waals surface area contributed by atoms with Crippen LogP contribution in [-0.4, -0.2) is 243 Å². The molecular formula is C64H140N7O33P7. The summed E-state index contributed by atoms with van der Waals surface area (Å²) in [5, 5.41) is 43.5. The van der Waals surface area contributed by atoms with Gasteiger partial charge in [-0.3, -0.25) is 65.5 Å². The first-order valence-electron chi connectivity index (χ1n) is 36.9. The molecule has 111 heavy (non-hydrogen) atoms. The molecule has 0 saturated carbocycles. The fourth-order valence-electron chi connectivity index (χ4n) is 9.59. The number of ether oxygens (including phenoxy) is 1. The fourth-order valence-corrected chi connectivity index (χ4v) is 15.8. The van der Waals surface area contributed by atoms with E-state index in [0.29, 0.717) is 96.4 Å². The van der Waals surface area contributed by atoms with Crippen LogP contribution in [0.1, 0.15) is 225 Å². The Morgan fingerprint density at radius 1 is 0.378 bits per heavy atom. The molecule has 1 aliphatic rings. The molecule has 1 fully saturated rings. The highest BCUT2D eigenvalue weighted by atomic mass is 31.2. The van der Waals surface area contributed by atoms with E-state index in [2.05, 4.69) is 16.0 Å². The van der Waals surface area contributed by atoms with E-state index >= 15 is 0 Å². The zero-order chi connectivity index (χ0) is 88.2. The van der Waals surface area contributed by atoms with E-state index in [9.17, 15) is 75.3 Å². The highest BCUT2D eigenvalue weighted by Gasteiger charge is 2.33. The number of piperidine rings is 1. The van der Waals surface area contributed by atoms with Crippen LogP contribution in [0.15, 0.2) is 0 Å². The number of nitrogens with two attached hydrogens (primary N) is 4. The number of hydrogen-bond acceptors (Lipinski definition) is 24. The number of Topliss-reactive ketones (excluding diaryl/α,β-unsaturated/α-hetero) is 2. The molecular weight excluding hydrogens is 1610 g/mol. The van der Waals surface area contributed by atoms with Gasteiger partial charge in [-0.2, -0.15) is 0 Å². The lowest BCUT2D eigenvalue weighted by Crippen LogP contribution is -2.45. The first-order chi connectivity index (χ1) is 50.2. The standard InChI is InChI=1S/C10H20NO5P.2C10H22NO5P.C10H22NO4P.2C8H18NO5P.C8H18NO4P/c1-7(2)16-10(12)9-5-8(3-4-11-9)6-17(13,14)15;1-8(2)16-17(14,15)7-5-3-4-6-9(11)10(12)13;1-8(2)11-9(10(12)13)6-4-3-5-7-17(14,15)16;1-8(2)10(12)9(11)6-4-3-5-7-16(13,14)15;1-6(2)14-15(12,13)5-3-4-7(9)8(10)11;1-6(2)9-7(8(10)11)4-3-5-15(12,13)14;1-6(2)8(10)7(9)4-3-5-14(11,12)13/h7-9,11H,3-6H2,1-2H3,(H2,13,14,15);8-9H,3-7,11H2,1-2H3,(H,12,13)(H,14,15);8-9,11H,3-7H2,1-2H3,(H,12,13)(H2,14,15,16);8-9H,3-7,11H2,1-2H3,(H2,13,14,15);6-7H,3-5,9H2,1-2H3,(H,10,11)(H,12,13);6-7,9H,3-5H2,1-2H3,(H,10,11)(H2,12,13,14);6-7H,3-5,9H2,1-2H3,(H2,11,12,13)/t8-,9+;;;;;;/m1....../s1. The lowest BCUT2D eigenvalue weighted by atomic mass is 9.94. The van der Waals surface area contributed by atoms with Crippen molar-refractivity contribution < 1.29 is 158 Å². The van der Waals surface area contributed by atoms with E-state index in [1.807, 2.05) is 41.5 Å². The summed E-state index contributed by atoms with van der Waals surface area (Å²) >= 11 is 0. The van der Waals surface area contributed by atoms with E-state index in [-0.39, 0.29) is 141 Å². The third-order valence-corrected chi connectivity index (χ3v) is 22.6. The van der Waals surface area contributed by atoms with Crippen LogP contribution in [0.3, 0.4) is 0 Å². The smallest absolute Gasteiger partial charge is 0.328 e. The van der Waals surface area contributed by atoms with E-state index < -0.39 is 119 Å². The van der Waals surface area contributed by atoms with Crippen molar-refractivity contribution in [2.24, 2.45) is 40.7 Å². The number of esters is 1. The molecule has 0 amide bonds. The Labute approximate surface area is 654 Å². The predicted octanol–water partition coefficient (Wildman–Crippen LogP) is 6.19. The summed E-state index contributed by atoms with van der Waals surface area (Å²) in [4.78, 5) is 182. The van der Waals surface area contributed by atoms with Crippen molar-refractivity contribution in [3.63, 3.8) is 0 Å². The largest absolute Gasteiger partial charge is 0.480 e. The molecule has 0 radical (unpaired) electrons. The van der Waals surface area contributed by atoms with Crippen LogP contribution in [0.4, 0.5) is 0 Å². The Bertz CT molecular complexity index is 2940. The number of aliphatic carboxylic acids is 4. The van der Waals surface area contributed by atoms with Crippen molar-refractivity contribution in [2.45, 2.75) is 298 Å². The highest BCUT2D eigenvalue weighted by molar-refractivity contribution is 7.53. The summed E-state index contributed by atoms with van der Waals surface area (Å²) in [6.45, 7) is 25.4. The summed E-state index contributed by atoms with van der Waals surface area (Å²) < 4.78 is 90.6. The molecule has 47 heteroatoms. The lowest BCUT2D eigenvalue weighted by Gasteiger charge is -2.29. The molecule has 1 aliphatic heterocycles. The van der Waals surface area contributed by atoms with Crippen molar-refractivity contribution in [1.29, 1.82) is 0 Å². The van der Waals surface area contributed by atoms with Gasteiger partial charge in [0, 0.05) is 54.7 Å². The number of carboxylic acids is 4. The first-order valence-corrected chi connectivity index (χ1v) is 49.4. The molecule has 0 aromatic heterocycles. The van der Waals surface area contributed by atoms with Crippen molar-refractivity contribution in [3.8, 4) is 0 Å². The van der Waals surface area contributed by atoms with E-state index in [4.69, 9.17) is 106 Å². The average molecular weight is 1750 g/mol. The SMILES string of the molecule is CC(C)C(=O)C(N)CCCCCP(=O)(O)O.CC(C)C(=O)C(N)CCCP(=O)(O)O.CC(C)NC(CCCCCP(=O)(O)O)C(=O)O.CC(C)NC(CCCP(=O)(O)O)C(=O)O.CC(C)OC(=O)[C@@H]1C[C@H](CP(=O)(O)O)CCN1.CC(C)OP(=O)(O)CCCC(N)C(=O)O.CC(C)OP(=O)(O)CCCCCC(N)C(=O)O. The van der Waals surface area contributed by atoms with Crippen LogP contribution >= 0.6 is 53.2 Å². The minimum atomic E-state index is -4.01. The van der Waals surface area contributed by atoms with Crippen molar-refractivity contribution in [2.75, 3.05) is 49.7 Å². The summed E-state index contributed by atoms with van der Waals surface area (Å²) in [5.41, 5.74) is 21.8. The van der Waals surface area contributed by atoms with Crippen LogP contribution in [0.5, 0.6) is 0 Å². The minimum absolute atomic E-state index is 0.0288. The molecule has 0 aromatic carbocycles. The second kappa shape index (κ2) is 62.6. The van der Waals surface area contributed by atoms with Crippen LogP contribution in [-0.2, 0) is 79.3 Å². The molecule has 664 valence electrons. The Morgan fingerprint density at radius 2 is 0.667 bits per heavy atom. The molecule has 1 saturated heterocycles. The Morgan fingerprint density at radius 3 is 0.973 bits per heavy atom. The van der Waals surface area contributed by atoms with Gasteiger partial charge in [-0.05, 0) is 144 Å². The summed E-state index contributed by atoms with van der Waals surface area (Å²) in [6, 6.07) is -4.49. The first kappa shape index (κ1) is 119. The number of carbonyl (C=O) groups is 7. The van der Waals surface area contributed by atoms with Crippen LogP contribution < -0.4 is 38.9 Å². The highest BCUT2D eigenvalue weighted by Crippen LogP contribution is 2.46. The lowest BCUT2D eigenvalue weighted by molar-refractivity contribution is -0.151. The van der Waals surface area contributed by atoms with Gasteiger partial charge in [0.1, 0.15) is 30.2 Å². The second-order valence-electron chi connectivity index (χ2n) is 28.9. The molecule has 1 heterocycles. The van der Waals surface area contributed by atoms with E-state index in [1.54, 1.807) is 55.4 Å². The third kappa shape index (κ3) is 85.2. The fraction of sp³-hybridized carbons (Fsp3) is 0.891. The van der Waals surface area contributed by atoms with Crippen LogP contribution in [0, 0.1) is 17.8 Å². The monoisotopic (exact) mass is 1750 g/mol. The van der Waals surface area contributed by atoms with Crippen molar-refractivity contribution in [1.82, 2.24) is 16.0 Å². The van der Waals surface area contributed by atoms with Crippen molar-refractivity contribution >= 4 is 94.6 Å². The molecule has 0 aromatic rings. The van der Waals surface area contributed by atoms with Gasteiger partial charge in [0.2, 0.25) is 0 Å². The number of rotatable bonds is 50.